The molecule has 1 unspecified atom stereocenters. The van der Waals surface area contributed by atoms with Crippen LogP contribution in [0.25, 0.3) is 0 Å². The second kappa shape index (κ2) is 5.32. The minimum absolute atomic E-state index is 0.176. The van der Waals surface area contributed by atoms with Gasteiger partial charge in [0.05, 0.1) is 6.54 Å². The Morgan fingerprint density at radius 1 is 1.64 bits per heavy atom. The maximum atomic E-state index is 10.6. The summed E-state index contributed by atoms with van der Waals surface area (Å²) in [5.41, 5.74) is 0. The average molecular weight is 200 g/mol. The van der Waals surface area contributed by atoms with Crippen LogP contribution in [0.4, 0.5) is 0 Å². The standard InChI is InChI=1S/C10H20N2O2/c1-3-12(8-10(13)14)9-5-4-6-11(2)7-9/h9H,3-8H2,1-2H3,(H,13,14). The first kappa shape index (κ1) is 11.5. The molecule has 1 heterocycles. The molecule has 1 rings (SSSR count). The highest BCUT2D eigenvalue weighted by Crippen LogP contribution is 2.14. The molecule has 0 saturated carbocycles. The van der Waals surface area contributed by atoms with E-state index in [2.05, 4.69) is 16.8 Å². The van der Waals surface area contributed by atoms with Crippen molar-refractivity contribution in [1.29, 1.82) is 0 Å². The lowest BCUT2D eigenvalue weighted by Crippen LogP contribution is -2.48. The van der Waals surface area contributed by atoms with Gasteiger partial charge in [0.2, 0.25) is 0 Å². The number of carboxylic acid groups (broad SMARTS) is 1. The third-order valence-electron chi connectivity index (χ3n) is 2.86. The molecule has 1 aliphatic heterocycles. The Labute approximate surface area is 85.5 Å². The molecular weight excluding hydrogens is 180 g/mol. The van der Waals surface area contributed by atoms with Gasteiger partial charge in [0, 0.05) is 12.6 Å². The Morgan fingerprint density at radius 3 is 2.86 bits per heavy atom. The molecule has 4 heteroatoms. The highest BCUT2D eigenvalue weighted by atomic mass is 16.4. The molecule has 0 amide bonds. The molecule has 0 spiro atoms. The second-order valence-electron chi connectivity index (χ2n) is 4.02. The molecule has 4 nitrogen and oxygen atoms in total. The Kier molecular flexibility index (Phi) is 4.35. The second-order valence-corrected chi connectivity index (χ2v) is 4.02. The molecule has 0 aliphatic carbocycles. The molecular formula is C10H20N2O2. The number of carbonyl (C=O) groups is 1. The van der Waals surface area contributed by atoms with E-state index in [1.54, 1.807) is 0 Å². The molecule has 1 aliphatic rings. The van der Waals surface area contributed by atoms with Gasteiger partial charge in [0.15, 0.2) is 0 Å². The zero-order valence-corrected chi connectivity index (χ0v) is 9.07. The fourth-order valence-electron chi connectivity index (χ4n) is 2.11. The average Bonchev–Trinajstić information content (AvgIpc) is 2.14. The predicted molar refractivity (Wildman–Crippen MR) is 55.4 cm³/mol. The lowest BCUT2D eigenvalue weighted by atomic mass is 10.0. The zero-order chi connectivity index (χ0) is 10.6. The van der Waals surface area contributed by atoms with Gasteiger partial charge in [-0.25, -0.2) is 0 Å². The SMILES string of the molecule is CCN(CC(=O)O)C1CCCN(C)C1. The van der Waals surface area contributed by atoms with Crippen molar-refractivity contribution in [3.8, 4) is 0 Å². The summed E-state index contributed by atoms with van der Waals surface area (Å²) in [5, 5.41) is 8.76. The molecule has 1 atom stereocenters. The lowest BCUT2D eigenvalue weighted by molar-refractivity contribution is -0.139. The minimum Gasteiger partial charge on any atom is -0.480 e. The summed E-state index contributed by atoms with van der Waals surface area (Å²) >= 11 is 0. The summed E-state index contributed by atoms with van der Waals surface area (Å²) in [4.78, 5) is 15.0. The summed E-state index contributed by atoms with van der Waals surface area (Å²) in [7, 11) is 2.10. The first-order valence-electron chi connectivity index (χ1n) is 5.28. The molecule has 82 valence electrons. The maximum absolute atomic E-state index is 10.6. The third kappa shape index (κ3) is 3.27. The molecule has 1 N–H and O–H groups in total. The van der Waals surface area contributed by atoms with E-state index in [-0.39, 0.29) is 6.54 Å². The largest absolute Gasteiger partial charge is 0.480 e. The number of hydrogen-bond donors (Lipinski definition) is 1. The Balaban J connectivity index is 2.46. The van der Waals surface area contributed by atoms with Crippen molar-refractivity contribution in [2.75, 3.05) is 33.2 Å². The molecule has 1 fully saturated rings. The number of rotatable bonds is 4. The quantitative estimate of drug-likeness (QED) is 0.717. The number of aliphatic carboxylic acids is 1. The van der Waals surface area contributed by atoms with E-state index in [9.17, 15) is 4.79 Å². The zero-order valence-electron chi connectivity index (χ0n) is 9.07. The van der Waals surface area contributed by atoms with Crippen molar-refractivity contribution in [1.82, 2.24) is 9.80 Å². The fourth-order valence-corrected chi connectivity index (χ4v) is 2.11. The summed E-state index contributed by atoms with van der Waals surface area (Å²) < 4.78 is 0. The normalized spacial score (nSPS) is 24.1. The third-order valence-corrected chi connectivity index (χ3v) is 2.86. The van der Waals surface area contributed by atoms with Crippen LogP contribution in [0, 0.1) is 0 Å². The molecule has 0 aromatic heterocycles. The van der Waals surface area contributed by atoms with Crippen LogP contribution in [0.5, 0.6) is 0 Å². The van der Waals surface area contributed by atoms with Crippen molar-refractivity contribution in [2.24, 2.45) is 0 Å². The van der Waals surface area contributed by atoms with Gasteiger partial charge in [0.25, 0.3) is 0 Å². The van der Waals surface area contributed by atoms with Gasteiger partial charge in [-0.3, -0.25) is 9.69 Å². The Hall–Kier alpha value is -0.610. The van der Waals surface area contributed by atoms with Crippen LogP contribution in [0.1, 0.15) is 19.8 Å². The molecule has 0 bridgehead atoms. The van der Waals surface area contributed by atoms with Crippen molar-refractivity contribution >= 4 is 5.97 Å². The summed E-state index contributed by atoms with van der Waals surface area (Å²) in [6.07, 6.45) is 2.31. The Morgan fingerprint density at radius 2 is 2.36 bits per heavy atom. The van der Waals surface area contributed by atoms with E-state index in [1.807, 2.05) is 6.92 Å². The van der Waals surface area contributed by atoms with Gasteiger partial charge in [-0.15, -0.1) is 0 Å². The number of likely N-dealkylation sites (tertiary alicyclic amines) is 1. The predicted octanol–water partition coefficient (Wildman–Crippen LogP) is 0.487. The topological polar surface area (TPSA) is 43.8 Å². The number of hydrogen-bond acceptors (Lipinski definition) is 3. The molecule has 14 heavy (non-hydrogen) atoms. The summed E-state index contributed by atoms with van der Waals surface area (Å²) in [6.45, 7) is 5.17. The Bertz CT molecular complexity index is 197. The molecule has 0 aromatic rings. The highest BCUT2D eigenvalue weighted by molar-refractivity contribution is 5.69. The molecule has 0 radical (unpaired) electrons. The molecule has 0 aromatic carbocycles. The van der Waals surface area contributed by atoms with Gasteiger partial charge in [-0.05, 0) is 33.0 Å². The van der Waals surface area contributed by atoms with Gasteiger partial charge < -0.3 is 10.0 Å². The number of likely N-dealkylation sites (N-methyl/N-ethyl adjacent to an activating group) is 2. The number of carboxylic acids is 1. The van der Waals surface area contributed by atoms with Crippen LogP contribution in [-0.2, 0) is 4.79 Å². The lowest BCUT2D eigenvalue weighted by Gasteiger charge is -2.36. The van der Waals surface area contributed by atoms with Crippen molar-refractivity contribution in [3.63, 3.8) is 0 Å². The van der Waals surface area contributed by atoms with E-state index < -0.39 is 5.97 Å². The first-order valence-corrected chi connectivity index (χ1v) is 5.28. The number of nitrogens with zero attached hydrogens (tertiary/aromatic N) is 2. The first-order chi connectivity index (χ1) is 6.63. The van der Waals surface area contributed by atoms with Gasteiger partial charge in [-0.2, -0.15) is 0 Å². The van der Waals surface area contributed by atoms with Crippen molar-refractivity contribution in [3.05, 3.63) is 0 Å². The van der Waals surface area contributed by atoms with E-state index in [1.165, 1.54) is 6.42 Å². The van der Waals surface area contributed by atoms with Crippen LogP contribution >= 0.6 is 0 Å². The van der Waals surface area contributed by atoms with E-state index in [0.29, 0.717) is 6.04 Å². The van der Waals surface area contributed by atoms with Crippen LogP contribution in [0.15, 0.2) is 0 Å². The number of piperidine rings is 1. The van der Waals surface area contributed by atoms with Gasteiger partial charge in [0.1, 0.15) is 0 Å². The van der Waals surface area contributed by atoms with Crippen LogP contribution in [-0.4, -0.2) is 60.1 Å². The van der Waals surface area contributed by atoms with Gasteiger partial charge in [-0.1, -0.05) is 6.92 Å². The van der Waals surface area contributed by atoms with Crippen molar-refractivity contribution in [2.45, 2.75) is 25.8 Å². The van der Waals surface area contributed by atoms with Crippen LogP contribution in [0.3, 0.4) is 0 Å². The molecule has 1 saturated heterocycles. The van der Waals surface area contributed by atoms with E-state index >= 15 is 0 Å². The highest BCUT2D eigenvalue weighted by Gasteiger charge is 2.23. The van der Waals surface area contributed by atoms with Crippen LogP contribution in [0.2, 0.25) is 0 Å². The van der Waals surface area contributed by atoms with Crippen molar-refractivity contribution < 1.29 is 9.90 Å². The summed E-state index contributed by atoms with van der Waals surface area (Å²) in [5.74, 6) is -0.722. The maximum Gasteiger partial charge on any atom is 0.317 e. The fraction of sp³-hybridized carbons (Fsp3) is 0.900. The smallest absolute Gasteiger partial charge is 0.317 e. The minimum atomic E-state index is -0.722. The monoisotopic (exact) mass is 200 g/mol. The van der Waals surface area contributed by atoms with Crippen LogP contribution < -0.4 is 0 Å². The van der Waals surface area contributed by atoms with Gasteiger partial charge >= 0.3 is 5.97 Å². The summed E-state index contributed by atoms with van der Waals surface area (Å²) in [6, 6.07) is 0.426. The van der Waals surface area contributed by atoms with E-state index in [0.717, 1.165) is 26.1 Å². The van der Waals surface area contributed by atoms with E-state index in [4.69, 9.17) is 5.11 Å².